The Morgan fingerprint density at radius 1 is 1.38 bits per heavy atom. The van der Waals surface area contributed by atoms with Gasteiger partial charge in [-0.2, -0.15) is 5.10 Å². The Morgan fingerprint density at radius 2 is 2.14 bits per heavy atom. The minimum Gasteiger partial charge on any atom is -0.496 e. The molecule has 0 spiro atoms. The lowest BCUT2D eigenvalue weighted by Crippen LogP contribution is -2.25. The van der Waals surface area contributed by atoms with Crippen LogP contribution in [0.4, 0.5) is 0 Å². The molecule has 114 valence electrons. The molecule has 2 rings (SSSR count). The van der Waals surface area contributed by atoms with Crippen LogP contribution >= 0.6 is 15.9 Å². The minimum atomic E-state index is 0.212. The normalized spacial score (nSPS) is 12.4. The summed E-state index contributed by atoms with van der Waals surface area (Å²) in [7, 11) is 3.70. The quantitative estimate of drug-likeness (QED) is 0.866. The van der Waals surface area contributed by atoms with Crippen LogP contribution < -0.4 is 10.1 Å². The smallest absolute Gasteiger partial charge is 0.122 e. The van der Waals surface area contributed by atoms with Gasteiger partial charge in [0.15, 0.2) is 0 Å². The number of ether oxygens (including phenoxy) is 1. The van der Waals surface area contributed by atoms with Gasteiger partial charge in [-0.15, -0.1) is 0 Å². The first-order valence-corrected chi connectivity index (χ1v) is 7.90. The van der Waals surface area contributed by atoms with Crippen LogP contribution in [0.2, 0.25) is 0 Å². The molecule has 4 nitrogen and oxygen atoms in total. The Labute approximate surface area is 134 Å². The molecule has 5 heteroatoms. The van der Waals surface area contributed by atoms with Crippen LogP contribution in [0.3, 0.4) is 0 Å². The van der Waals surface area contributed by atoms with E-state index in [0.29, 0.717) is 0 Å². The van der Waals surface area contributed by atoms with E-state index in [0.717, 1.165) is 28.9 Å². The Kier molecular flexibility index (Phi) is 5.42. The first-order chi connectivity index (χ1) is 10.0. The van der Waals surface area contributed by atoms with E-state index in [1.807, 2.05) is 30.8 Å². The van der Waals surface area contributed by atoms with Crippen molar-refractivity contribution >= 4 is 15.9 Å². The van der Waals surface area contributed by atoms with E-state index in [2.05, 4.69) is 45.4 Å². The van der Waals surface area contributed by atoms with Gasteiger partial charge in [-0.1, -0.05) is 22.9 Å². The van der Waals surface area contributed by atoms with Crippen molar-refractivity contribution in [2.24, 2.45) is 7.05 Å². The minimum absolute atomic E-state index is 0.212. The molecular formula is C16H22BrN3O. The number of hydrogen-bond donors (Lipinski definition) is 1. The molecule has 1 atom stereocenters. The van der Waals surface area contributed by atoms with E-state index in [9.17, 15) is 0 Å². The highest BCUT2D eigenvalue weighted by molar-refractivity contribution is 9.10. The number of aromatic nitrogens is 2. The van der Waals surface area contributed by atoms with Crippen molar-refractivity contribution in [1.82, 2.24) is 15.1 Å². The number of nitrogens with one attached hydrogen (secondary N) is 1. The molecule has 1 heterocycles. The molecule has 0 aliphatic carbocycles. The van der Waals surface area contributed by atoms with E-state index >= 15 is 0 Å². The molecule has 0 bridgehead atoms. The zero-order valence-electron chi connectivity index (χ0n) is 13.0. The van der Waals surface area contributed by atoms with Crippen LogP contribution in [0.15, 0.2) is 28.7 Å². The van der Waals surface area contributed by atoms with Gasteiger partial charge in [-0.05, 0) is 49.7 Å². The molecule has 0 aliphatic heterocycles. The number of aryl methyl sites for hydroxylation is 2. The average Bonchev–Trinajstić information content (AvgIpc) is 2.77. The third kappa shape index (κ3) is 3.86. The summed E-state index contributed by atoms with van der Waals surface area (Å²) in [6.07, 6.45) is 0.857. The second-order valence-corrected chi connectivity index (χ2v) is 6.02. The number of rotatable bonds is 6. The first kappa shape index (κ1) is 16.0. The Morgan fingerprint density at radius 3 is 2.71 bits per heavy atom. The molecule has 1 aromatic carbocycles. The molecular weight excluding hydrogens is 330 g/mol. The standard InChI is InChI=1S/C16H22BrN3O/c1-5-18-14(15-8-11(2)19-20(15)3)10-12-9-13(17)6-7-16(12)21-4/h6-9,14,18H,5,10H2,1-4H3. The molecule has 2 aromatic rings. The second-order valence-electron chi connectivity index (χ2n) is 5.10. The van der Waals surface area contributed by atoms with Gasteiger partial charge in [0.1, 0.15) is 5.75 Å². The third-order valence-corrected chi connectivity index (χ3v) is 4.01. The van der Waals surface area contributed by atoms with Crippen molar-refractivity contribution in [3.8, 4) is 5.75 Å². The molecule has 21 heavy (non-hydrogen) atoms. The maximum absolute atomic E-state index is 5.48. The average molecular weight is 352 g/mol. The molecule has 1 N–H and O–H groups in total. The molecule has 0 amide bonds. The van der Waals surface area contributed by atoms with E-state index < -0.39 is 0 Å². The van der Waals surface area contributed by atoms with Gasteiger partial charge in [0.25, 0.3) is 0 Å². The van der Waals surface area contributed by atoms with Gasteiger partial charge in [-0.25, -0.2) is 0 Å². The first-order valence-electron chi connectivity index (χ1n) is 7.11. The van der Waals surface area contributed by atoms with E-state index in [1.165, 1.54) is 11.3 Å². The van der Waals surface area contributed by atoms with Crippen LogP contribution in [-0.2, 0) is 13.5 Å². The van der Waals surface area contributed by atoms with E-state index in [1.54, 1.807) is 7.11 Å². The number of halogens is 1. The Hall–Kier alpha value is -1.33. The lowest BCUT2D eigenvalue weighted by atomic mass is 10.0. The van der Waals surface area contributed by atoms with Crippen LogP contribution in [0.25, 0.3) is 0 Å². The van der Waals surface area contributed by atoms with Crippen molar-refractivity contribution in [1.29, 1.82) is 0 Å². The Bertz CT molecular complexity index is 610. The lowest BCUT2D eigenvalue weighted by molar-refractivity contribution is 0.404. The number of nitrogens with zero attached hydrogens (tertiary/aromatic N) is 2. The monoisotopic (exact) mass is 351 g/mol. The molecule has 0 saturated heterocycles. The maximum Gasteiger partial charge on any atom is 0.122 e. The predicted molar refractivity (Wildman–Crippen MR) is 88.8 cm³/mol. The van der Waals surface area contributed by atoms with Crippen LogP contribution in [0.1, 0.15) is 29.9 Å². The third-order valence-electron chi connectivity index (χ3n) is 3.51. The summed E-state index contributed by atoms with van der Waals surface area (Å²) in [5.41, 5.74) is 3.41. The number of hydrogen-bond acceptors (Lipinski definition) is 3. The Balaban J connectivity index is 2.32. The summed E-state index contributed by atoms with van der Waals surface area (Å²) < 4.78 is 8.50. The van der Waals surface area contributed by atoms with Crippen molar-refractivity contribution in [3.05, 3.63) is 45.7 Å². The van der Waals surface area contributed by atoms with Crippen LogP contribution in [0.5, 0.6) is 5.75 Å². The van der Waals surface area contributed by atoms with E-state index in [4.69, 9.17) is 4.74 Å². The summed E-state index contributed by atoms with van der Waals surface area (Å²) in [4.78, 5) is 0. The summed E-state index contributed by atoms with van der Waals surface area (Å²) >= 11 is 3.54. The largest absolute Gasteiger partial charge is 0.496 e. The van der Waals surface area contributed by atoms with Crippen molar-refractivity contribution in [3.63, 3.8) is 0 Å². The van der Waals surface area contributed by atoms with Crippen molar-refractivity contribution in [2.45, 2.75) is 26.3 Å². The summed E-state index contributed by atoms with van der Waals surface area (Å²) in [5, 5.41) is 7.99. The van der Waals surface area contributed by atoms with Crippen molar-refractivity contribution < 1.29 is 4.74 Å². The van der Waals surface area contributed by atoms with Gasteiger partial charge < -0.3 is 10.1 Å². The molecule has 1 aromatic heterocycles. The van der Waals surface area contributed by atoms with Crippen molar-refractivity contribution in [2.75, 3.05) is 13.7 Å². The fourth-order valence-electron chi connectivity index (χ4n) is 2.61. The van der Waals surface area contributed by atoms with Gasteiger partial charge in [0.05, 0.1) is 24.5 Å². The molecule has 1 unspecified atom stereocenters. The summed E-state index contributed by atoms with van der Waals surface area (Å²) in [6, 6.07) is 8.46. The second kappa shape index (κ2) is 7.09. The maximum atomic E-state index is 5.48. The van der Waals surface area contributed by atoms with Crippen LogP contribution in [-0.4, -0.2) is 23.4 Å². The SMILES string of the molecule is CCNC(Cc1cc(Br)ccc1OC)c1cc(C)nn1C. The highest BCUT2D eigenvalue weighted by atomic mass is 79.9. The van der Waals surface area contributed by atoms with Gasteiger partial charge in [0.2, 0.25) is 0 Å². The van der Waals surface area contributed by atoms with Gasteiger partial charge >= 0.3 is 0 Å². The van der Waals surface area contributed by atoms with Gasteiger partial charge in [0, 0.05) is 11.5 Å². The zero-order valence-corrected chi connectivity index (χ0v) is 14.6. The van der Waals surface area contributed by atoms with Crippen LogP contribution in [0, 0.1) is 6.92 Å². The predicted octanol–water partition coefficient (Wildman–Crippen LogP) is 3.39. The highest BCUT2D eigenvalue weighted by Crippen LogP contribution is 2.28. The number of methoxy groups -OCH3 is 1. The fraction of sp³-hybridized carbons (Fsp3) is 0.438. The molecule has 0 aliphatic rings. The molecule has 0 radical (unpaired) electrons. The fourth-order valence-corrected chi connectivity index (χ4v) is 3.02. The molecule has 0 fully saturated rings. The molecule has 0 saturated carbocycles. The lowest BCUT2D eigenvalue weighted by Gasteiger charge is -2.20. The summed E-state index contributed by atoms with van der Waals surface area (Å²) in [6.45, 7) is 5.05. The topological polar surface area (TPSA) is 39.1 Å². The highest BCUT2D eigenvalue weighted by Gasteiger charge is 2.18. The number of likely N-dealkylation sites (N-methyl/N-ethyl adjacent to an activating group) is 1. The van der Waals surface area contributed by atoms with Gasteiger partial charge in [-0.3, -0.25) is 4.68 Å². The number of benzene rings is 1. The van der Waals surface area contributed by atoms with E-state index in [-0.39, 0.29) is 6.04 Å². The summed E-state index contributed by atoms with van der Waals surface area (Å²) in [5.74, 6) is 0.917. The zero-order chi connectivity index (χ0) is 15.4.